The number of carbonyl (C=O) groups is 2. The van der Waals surface area contributed by atoms with Crippen molar-refractivity contribution in [3.63, 3.8) is 0 Å². The second kappa shape index (κ2) is 10.1. The molecule has 1 amide bonds. The average molecular weight is 499 g/mol. The highest BCUT2D eigenvalue weighted by Crippen LogP contribution is 2.41. The van der Waals surface area contributed by atoms with Gasteiger partial charge in [-0.05, 0) is 63.6 Å². The number of ether oxygens (including phenoxy) is 1. The molecule has 2 aliphatic rings. The van der Waals surface area contributed by atoms with Crippen molar-refractivity contribution in [2.24, 2.45) is 0 Å². The van der Waals surface area contributed by atoms with Crippen LogP contribution >= 0.6 is 0 Å². The molecule has 2 aliphatic heterocycles. The van der Waals surface area contributed by atoms with E-state index in [0.717, 1.165) is 37.2 Å². The summed E-state index contributed by atoms with van der Waals surface area (Å²) in [5.74, 6) is -0.700. The Morgan fingerprint density at radius 2 is 1.62 bits per heavy atom. The van der Waals surface area contributed by atoms with Crippen LogP contribution in [0.25, 0.3) is 0 Å². The van der Waals surface area contributed by atoms with Gasteiger partial charge in [-0.25, -0.2) is 0 Å². The molecule has 1 fully saturated rings. The van der Waals surface area contributed by atoms with Gasteiger partial charge in [0.2, 0.25) is 0 Å². The first-order valence-corrected chi connectivity index (χ1v) is 12.5. The Hall–Kier alpha value is -4.04. The largest absolute Gasteiger partial charge is 0.503 e. The minimum Gasteiger partial charge on any atom is -0.503 e. The lowest BCUT2D eigenvalue weighted by Crippen LogP contribution is -2.35. The summed E-state index contributed by atoms with van der Waals surface area (Å²) in [5.41, 5.74) is 2.76. The number of aliphatic hydroxyl groups is 1. The number of benzene rings is 2. The molecule has 0 bridgehead atoms. The third-order valence-electron chi connectivity index (χ3n) is 6.96. The summed E-state index contributed by atoms with van der Waals surface area (Å²) in [5, 5.41) is 19.2. The van der Waals surface area contributed by atoms with E-state index in [9.17, 15) is 14.7 Å². The molecule has 0 spiro atoms. The molecule has 1 N–H and O–H groups in total. The maximum Gasteiger partial charge on any atom is 0.295 e. The van der Waals surface area contributed by atoms with Gasteiger partial charge in [-0.1, -0.05) is 42.0 Å². The third-order valence-corrected chi connectivity index (χ3v) is 6.96. The van der Waals surface area contributed by atoms with Crippen LogP contribution in [0.4, 0.5) is 5.82 Å². The molecular formula is C29H30N4O4. The first-order chi connectivity index (χ1) is 17.8. The zero-order valence-electron chi connectivity index (χ0n) is 21.2. The van der Waals surface area contributed by atoms with E-state index in [1.807, 2.05) is 43.3 Å². The monoisotopic (exact) mass is 498 g/mol. The molecule has 1 aromatic heterocycles. The van der Waals surface area contributed by atoms with Crippen LogP contribution in [0.15, 0.2) is 72.0 Å². The van der Waals surface area contributed by atoms with Crippen molar-refractivity contribution in [2.45, 2.75) is 38.8 Å². The first kappa shape index (κ1) is 24.6. The van der Waals surface area contributed by atoms with Gasteiger partial charge in [0.25, 0.3) is 5.91 Å². The smallest absolute Gasteiger partial charge is 0.295 e. The fourth-order valence-electron chi connectivity index (χ4n) is 4.79. The van der Waals surface area contributed by atoms with Gasteiger partial charge in [0.15, 0.2) is 17.4 Å². The van der Waals surface area contributed by atoms with Crippen molar-refractivity contribution in [1.29, 1.82) is 0 Å². The SMILES string of the molecule is Cc1ccc(C(=O)C2=C(O)C(=O)N(c3ccc(C)nn3)C2c2ccc(OC3CCN(C)CC3)cc2)cc1. The van der Waals surface area contributed by atoms with Crippen LogP contribution in [-0.2, 0) is 4.79 Å². The standard InChI is InChI=1S/C29H30N4O4/c1-18-4-7-21(8-5-18)27(34)25-26(33(29(36)28(25)35)24-13-6-19(2)30-31-24)20-9-11-22(12-10-20)37-23-14-16-32(3)17-15-23/h4-13,23,26,35H,14-17H2,1-3H3. The number of aliphatic hydroxyl groups excluding tert-OH is 1. The van der Waals surface area contributed by atoms with Crippen LogP contribution in [-0.4, -0.2) is 58.1 Å². The summed E-state index contributed by atoms with van der Waals surface area (Å²) < 4.78 is 6.19. The van der Waals surface area contributed by atoms with E-state index in [-0.39, 0.29) is 17.5 Å². The van der Waals surface area contributed by atoms with E-state index in [4.69, 9.17) is 4.74 Å². The van der Waals surface area contributed by atoms with Gasteiger partial charge in [0.05, 0.1) is 17.3 Å². The minimum absolute atomic E-state index is 0.0141. The highest BCUT2D eigenvalue weighted by atomic mass is 16.5. The number of rotatable bonds is 6. The molecule has 3 aromatic rings. The Morgan fingerprint density at radius 1 is 0.946 bits per heavy atom. The van der Waals surface area contributed by atoms with Crippen LogP contribution in [0.2, 0.25) is 0 Å². The minimum atomic E-state index is -0.865. The lowest BCUT2D eigenvalue weighted by atomic mass is 9.92. The lowest BCUT2D eigenvalue weighted by Gasteiger charge is -2.29. The molecule has 0 aliphatic carbocycles. The molecule has 1 unspecified atom stereocenters. The van der Waals surface area contributed by atoms with Gasteiger partial charge in [0, 0.05) is 18.7 Å². The van der Waals surface area contributed by atoms with Crippen LogP contribution in [0.1, 0.15) is 46.1 Å². The Morgan fingerprint density at radius 3 is 2.24 bits per heavy atom. The van der Waals surface area contributed by atoms with E-state index >= 15 is 0 Å². The fourth-order valence-corrected chi connectivity index (χ4v) is 4.79. The summed E-state index contributed by atoms with van der Waals surface area (Å²) >= 11 is 0. The molecule has 1 saturated heterocycles. The van der Waals surface area contributed by atoms with E-state index in [1.54, 1.807) is 31.2 Å². The molecule has 8 nitrogen and oxygen atoms in total. The number of hydrogen-bond acceptors (Lipinski definition) is 7. The maximum absolute atomic E-state index is 13.6. The molecule has 0 radical (unpaired) electrons. The highest BCUT2D eigenvalue weighted by Gasteiger charge is 2.45. The molecule has 37 heavy (non-hydrogen) atoms. The number of hydrogen-bond donors (Lipinski definition) is 1. The average Bonchev–Trinajstić information content (AvgIpc) is 3.16. The number of nitrogens with zero attached hydrogens (tertiary/aromatic N) is 4. The number of aryl methyl sites for hydroxylation is 2. The molecule has 5 rings (SSSR count). The summed E-state index contributed by atoms with van der Waals surface area (Å²) in [4.78, 5) is 30.5. The maximum atomic E-state index is 13.6. The van der Waals surface area contributed by atoms with Crippen LogP contribution in [0.5, 0.6) is 5.75 Å². The predicted octanol–water partition coefficient (Wildman–Crippen LogP) is 4.35. The molecule has 2 aromatic carbocycles. The topological polar surface area (TPSA) is 95.9 Å². The lowest BCUT2D eigenvalue weighted by molar-refractivity contribution is -0.117. The van der Waals surface area contributed by atoms with Gasteiger partial charge < -0.3 is 14.7 Å². The van der Waals surface area contributed by atoms with Crippen molar-refractivity contribution in [2.75, 3.05) is 25.0 Å². The Kier molecular flexibility index (Phi) is 6.76. The van der Waals surface area contributed by atoms with Crippen LogP contribution < -0.4 is 9.64 Å². The second-order valence-electron chi connectivity index (χ2n) is 9.76. The van der Waals surface area contributed by atoms with Gasteiger partial charge in [-0.2, -0.15) is 5.10 Å². The Labute approximate surface area is 216 Å². The van der Waals surface area contributed by atoms with E-state index in [0.29, 0.717) is 16.8 Å². The van der Waals surface area contributed by atoms with Gasteiger partial charge in [-0.15, -0.1) is 5.10 Å². The second-order valence-corrected chi connectivity index (χ2v) is 9.76. The normalized spacial score (nSPS) is 18.9. The number of ketones is 1. The van der Waals surface area contributed by atoms with E-state index in [1.165, 1.54) is 4.90 Å². The molecule has 3 heterocycles. The quantitative estimate of drug-likeness (QED) is 0.505. The molecule has 1 atom stereocenters. The van der Waals surface area contributed by atoms with Crippen molar-refractivity contribution in [1.82, 2.24) is 15.1 Å². The molecule has 8 heteroatoms. The van der Waals surface area contributed by atoms with E-state index in [2.05, 4.69) is 22.1 Å². The Balaban J connectivity index is 1.50. The van der Waals surface area contributed by atoms with Crippen LogP contribution in [0, 0.1) is 13.8 Å². The number of aromatic nitrogens is 2. The number of Topliss-reactive ketones (excluding diaryl/α,β-unsaturated/α-hetero) is 1. The predicted molar refractivity (Wildman–Crippen MR) is 140 cm³/mol. The summed E-state index contributed by atoms with van der Waals surface area (Å²) in [6, 6.07) is 17.0. The Bertz CT molecular complexity index is 1330. The summed E-state index contributed by atoms with van der Waals surface area (Å²) in [7, 11) is 2.11. The van der Waals surface area contributed by atoms with Crippen molar-refractivity contribution in [3.8, 4) is 5.75 Å². The summed E-state index contributed by atoms with van der Waals surface area (Å²) in [6.45, 7) is 5.72. The van der Waals surface area contributed by atoms with Crippen molar-refractivity contribution < 1.29 is 19.4 Å². The zero-order valence-corrected chi connectivity index (χ0v) is 21.2. The molecular weight excluding hydrogens is 468 g/mol. The number of amides is 1. The van der Waals surface area contributed by atoms with Crippen LogP contribution in [0.3, 0.4) is 0 Å². The highest BCUT2D eigenvalue weighted by molar-refractivity contribution is 6.20. The first-order valence-electron chi connectivity index (χ1n) is 12.5. The van der Waals surface area contributed by atoms with E-state index < -0.39 is 23.5 Å². The number of piperidine rings is 1. The number of anilines is 1. The molecule has 190 valence electrons. The molecule has 0 saturated carbocycles. The number of likely N-dealkylation sites (tertiary alicyclic amines) is 1. The third kappa shape index (κ3) is 4.97. The van der Waals surface area contributed by atoms with Crippen molar-refractivity contribution in [3.05, 3.63) is 94.4 Å². The zero-order chi connectivity index (χ0) is 26.1. The van der Waals surface area contributed by atoms with Gasteiger partial charge in [-0.3, -0.25) is 14.5 Å². The summed E-state index contributed by atoms with van der Waals surface area (Å²) in [6.07, 6.45) is 2.07. The van der Waals surface area contributed by atoms with Gasteiger partial charge in [0.1, 0.15) is 11.9 Å². The van der Waals surface area contributed by atoms with Crippen molar-refractivity contribution >= 4 is 17.5 Å². The fraction of sp³-hybridized carbons (Fsp3) is 0.310. The number of carbonyl (C=O) groups excluding carboxylic acids is 2. The van der Waals surface area contributed by atoms with Gasteiger partial charge >= 0.3 is 0 Å².